The van der Waals surface area contributed by atoms with Gasteiger partial charge in [-0.2, -0.15) is 0 Å². The Balaban J connectivity index is 1.57. The zero-order valence-electron chi connectivity index (χ0n) is 35.1. The maximum absolute atomic E-state index is 13.0. The molecule has 10 nitrogen and oxygen atoms in total. The number of amides is 1. The molecule has 1 aromatic rings. The molecule has 1 fully saturated rings. The molecule has 1 aromatic carbocycles. The van der Waals surface area contributed by atoms with Crippen molar-refractivity contribution in [3.63, 3.8) is 0 Å². The number of aryl methyl sites for hydroxylation is 1. The minimum atomic E-state index is -1.61. The Hall–Kier alpha value is -1.63. The van der Waals surface area contributed by atoms with Gasteiger partial charge in [0.2, 0.25) is 5.91 Å². The van der Waals surface area contributed by atoms with Crippen molar-refractivity contribution in [3.05, 3.63) is 35.9 Å². The fraction of sp³-hybridized carbons (Fsp3) is 0.848. The lowest BCUT2D eigenvalue weighted by Crippen LogP contribution is -2.60. The maximum Gasteiger partial charge on any atom is 0.220 e. The van der Waals surface area contributed by atoms with Crippen LogP contribution in [0.15, 0.2) is 30.3 Å². The number of hydrogen-bond donors (Lipinski definition) is 7. The van der Waals surface area contributed by atoms with E-state index in [0.29, 0.717) is 19.3 Å². The van der Waals surface area contributed by atoms with E-state index in [2.05, 4.69) is 24.4 Å². The monoisotopic (exact) mass is 794 g/mol. The summed E-state index contributed by atoms with van der Waals surface area (Å²) in [7, 11) is 0. The van der Waals surface area contributed by atoms with Crippen molar-refractivity contribution in [1.29, 1.82) is 0 Å². The summed E-state index contributed by atoms with van der Waals surface area (Å²) in [5.74, 6) is -0.272. The number of rotatable bonds is 36. The van der Waals surface area contributed by atoms with Gasteiger partial charge in [0.1, 0.15) is 30.5 Å². The van der Waals surface area contributed by atoms with Gasteiger partial charge in [-0.3, -0.25) is 4.79 Å². The van der Waals surface area contributed by atoms with Gasteiger partial charge in [-0.15, -0.1) is 0 Å². The molecule has 10 heteroatoms. The van der Waals surface area contributed by atoms with Crippen LogP contribution in [0.2, 0.25) is 0 Å². The summed E-state index contributed by atoms with van der Waals surface area (Å²) in [4.78, 5) is 13.0. The summed E-state index contributed by atoms with van der Waals surface area (Å²) in [6.07, 6.45) is 23.1. The predicted octanol–water partition coefficient (Wildman–Crippen LogP) is 7.80. The van der Waals surface area contributed by atoms with Crippen molar-refractivity contribution in [2.45, 2.75) is 236 Å². The normalized spacial score (nSPS) is 21.5. The molecule has 5 unspecified atom stereocenters. The van der Waals surface area contributed by atoms with Crippen LogP contribution < -0.4 is 5.32 Å². The first kappa shape index (κ1) is 50.5. The molecule has 0 radical (unpaired) electrons. The van der Waals surface area contributed by atoms with E-state index in [1.54, 1.807) is 0 Å². The Bertz CT molecular complexity index is 1050. The number of aliphatic hydroxyl groups is 6. The molecule has 0 aliphatic carbocycles. The zero-order chi connectivity index (χ0) is 40.6. The summed E-state index contributed by atoms with van der Waals surface area (Å²) < 4.78 is 11.1. The molecule has 1 amide bonds. The van der Waals surface area contributed by atoms with Gasteiger partial charge in [0.05, 0.1) is 25.4 Å². The van der Waals surface area contributed by atoms with Crippen LogP contribution in [-0.4, -0.2) is 98.7 Å². The van der Waals surface area contributed by atoms with Gasteiger partial charge in [0.15, 0.2) is 6.29 Å². The third-order valence-electron chi connectivity index (χ3n) is 11.5. The van der Waals surface area contributed by atoms with Crippen molar-refractivity contribution in [1.82, 2.24) is 5.32 Å². The van der Waals surface area contributed by atoms with Crippen LogP contribution >= 0.6 is 0 Å². The first-order valence-electron chi connectivity index (χ1n) is 22.9. The van der Waals surface area contributed by atoms with Crippen LogP contribution in [0, 0.1) is 0 Å². The van der Waals surface area contributed by atoms with Gasteiger partial charge in [0.25, 0.3) is 0 Å². The van der Waals surface area contributed by atoms with Gasteiger partial charge in [-0.25, -0.2) is 0 Å². The van der Waals surface area contributed by atoms with Crippen molar-refractivity contribution in [3.8, 4) is 0 Å². The van der Waals surface area contributed by atoms with Crippen LogP contribution in [0.1, 0.15) is 186 Å². The van der Waals surface area contributed by atoms with Crippen LogP contribution in [0.4, 0.5) is 0 Å². The van der Waals surface area contributed by atoms with E-state index in [1.807, 2.05) is 18.2 Å². The average Bonchev–Trinajstić information content (AvgIpc) is 3.21. The standard InChI is InChI=1S/C46H83NO9/c1-2-3-4-5-6-7-8-9-10-11-12-13-14-15-16-17-18-19-20-21-22-23-27-34-41(50)47-38(36-55-46-45(54)44(53)43(52)40(35-48)56-46)42(51)39(49)33-29-28-32-37-30-25-24-26-31-37/h24-26,30-31,38-40,42-46,48-49,51-54H,2-23,27-29,32-36H2,1H3,(H,47,50)/t38-,39+,40?,42-,43?,44?,45?,46?/m0/s1. The molecule has 2 rings (SSSR count). The summed E-state index contributed by atoms with van der Waals surface area (Å²) >= 11 is 0. The minimum absolute atomic E-state index is 0.272. The molecular formula is C46H83NO9. The number of carbonyl (C=O) groups is 1. The SMILES string of the molecule is CCCCCCCCCCCCCCCCCCCCCCCCCC(=O)N[C@@H](COC1OC(CO)C(O)C(O)C1O)[C@H](O)[C@H](O)CCCCc1ccccc1. The Kier molecular flexibility index (Phi) is 30.0. The first-order valence-corrected chi connectivity index (χ1v) is 22.9. The molecule has 1 aliphatic rings. The van der Waals surface area contributed by atoms with Crippen molar-refractivity contribution < 1.29 is 44.9 Å². The highest BCUT2D eigenvalue weighted by molar-refractivity contribution is 5.76. The third-order valence-corrected chi connectivity index (χ3v) is 11.5. The molecular weight excluding hydrogens is 711 g/mol. The van der Waals surface area contributed by atoms with Crippen LogP contribution in [-0.2, 0) is 20.7 Å². The summed E-state index contributed by atoms with van der Waals surface area (Å²) in [6.45, 7) is 1.35. The highest BCUT2D eigenvalue weighted by Gasteiger charge is 2.44. The molecule has 56 heavy (non-hydrogen) atoms. The van der Waals surface area contributed by atoms with E-state index < -0.39 is 55.6 Å². The highest BCUT2D eigenvalue weighted by atomic mass is 16.7. The molecule has 0 spiro atoms. The average molecular weight is 794 g/mol. The fourth-order valence-corrected chi connectivity index (χ4v) is 7.75. The van der Waals surface area contributed by atoms with E-state index in [1.165, 1.54) is 128 Å². The molecule has 8 atom stereocenters. The van der Waals surface area contributed by atoms with E-state index in [0.717, 1.165) is 32.1 Å². The van der Waals surface area contributed by atoms with Crippen molar-refractivity contribution >= 4 is 5.91 Å². The van der Waals surface area contributed by atoms with Gasteiger partial charge >= 0.3 is 0 Å². The van der Waals surface area contributed by atoms with Gasteiger partial charge in [-0.1, -0.05) is 185 Å². The minimum Gasteiger partial charge on any atom is -0.394 e. The number of unbranched alkanes of at least 4 members (excludes halogenated alkanes) is 23. The fourth-order valence-electron chi connectivity index (χ4n) is 7.75. The van der Waals surface area contributed by atoms with E-state index >= 15 is 0 Å². The lowest BCUT2D eigenvalue weighted by molar-refractivity contribution is -0.303. The Labute approximate surface area is 340 Å². The summed E-state index contributed by atoms with van der Waals surface area (Å²) in [5, 5.41) is 65.0. The van der Waals surface area contributed by atoms with Gasteiger partial charge < -0.3 is 45.4 Å². The van der Waals surface area contributed by atoms with Gasteiger partial charge in [0, 0.05) is 6.42 Å². The third kappa shape index (κ3) is 23.1. The Morgan fingerprint density at radius 3 is 1.62 bits per heavy atom. The number of benzene rings is 1. The molecule has 326 valence electrons. The molecule has 1 heterocycles. The largest absolute Gasteiger partial charge is 0.394 e. The second-order valence-electron chi connectivity index (χ2n) is 16.5. The van der Waals surface area contributed by atoms with Gasteiger partial charge in [-0.05, 0) is 31.2 Å². The lowest BCUT2D eigenvalue weighted by atomic mass is 9.98. The van der Waals surface area contributed by atoms with E-state index in [9.17, 15) is 35.4 Å². The van der Waals surface area contributed by atoms with Crippen LogP contribution in [0.25, 0.3) is 0 Å². The number of hydrogen-bond acceptors (Lipinski definition) is 9. The van der Waals surface area contributed by atoms with Crippen molar-refractivity contribution in [2.75, 3.05) is 13.2 Å². The Morgan fingerprint density at radius 2 is 1.14 bits per heavy atom. The second kappa shape index (κ2) is 33.2. The lowest BCUT2D eigenvalue weighted by Gasteiger charge is -2.40. The van der Waals surface area contributed by atoms with Crippen LogP contribution in [0.5, 0.6) is 0 Å². The number of nitrogens with one attached hydrogen (secondary N) is 1. The summed E-state index contributed by atoms with van der Waals surface area (Å²) in [5.41, 5.74) is 1.20. The second-order valence-corrected chi connectivity index (χ2v) is 16.5. The van der Waals surface area contributed by atoms with Crippen LogP contribution in [0.3, 0.4) is 0 Å². The molecule has 7 N–H and O–H groups in total. The molecule has 1 aliphatic heterocycles. The first-order chi connectivity index (χ1) is 27.3. The smallest absolute Gasteiger partial charge is 0.220 e. The number of ether oxygens (including phenoxy) is 2. The molecule has 0 saturated carbocycles. The van der Waals surface area contributed by atoms with E-state index in [-0.39, 0.29) is 18.9 Å². The maximum atomic E-state index is 13.0. The predicted molar refractivity (Wildman–Crippen MR) is 224 cm³/mol. The summed E-state index contributed by atoms with van der Waals surface area (Å²) in [6, 6.07) is 9.03. The van der Waals surface area contributed by atoms with E-state index in [4.69, 9.17) is 9.47 Å². The number of aliphatic hydroxyl groups excluding tert-OH is 6. The topological polar surface area (TPSA) is 169 Å². The molecule has 0 bridgehead atoms. The quantitative estimate of drug-likeness (QED) is 0.0335. The Morgan fingerprint density at radius 1 is 0.661 bits per heavy atom. The molecule has 1 saturated heterocycles. The number of carbonyl (C=O) groups excluding carboxylic acids is 1. The highest BCUT2D eigenvalue weighted by Crippen LogP contribution is 2.23. The zero-order valence-corrected chi connectivity index (χ0v) is 35.1. The molecule has 0 aromatic heterocycles. The van der Waals surface area contributed by atoms with Crippen molar-refractivity contribution in [2.24, 2.45) is 0 Å².